The third kappa shape index (κ3) is 2.32. The summed E-state index contributed by atoms with van der Waals surface area (Å²) in [4.78, 5) is 10.1. The minimum Gasteiger partial charge on any atom is -0.479 e. The fraction of sp³-hybridized carbons (Fsp3) is 0.125. The lowest BCUT2D eigenvalue weighted by Crippen LogP contribution is -2.10. The van der Waals surface area contributed by atoms with Crippen LogP contribution in [0.4, 0.5) is 8.78 Å². The van der Waals surface area contributed by atoms with Crippen LogP contribution in [0, 0.1) is 11.6 Å². The van der Waals surface area contributed by atoms with E-state index in [0.29, 0.717) is 0 Å². The highest BCUT2D eigenvalue weighted by Gasteiger charge is 2.14. The van der Waals surface area contributed by atoms with Crippen molar-refractivity contribution in [2.45, 2.75) is 0 Å². The van der Waals surface area contributed by atoms with Crippen LogP contribution < -0.4 is 4.74 Å². The van der Waals surface area contributed by atoms with Crippen LogP contribution in [-0.4, -0.2) is 17.7 Å². The predicted molar refractivity (Wildman–Crippen MR) is 44.5 cm³/mol. The molecule has 3 nitrogen and oxygen atoms in total. The molecule has 0 unspecified atom stereocenters. The number of rotatable bonds is 3. The van der Waals surface area contributed by atoms with E-state index < -0.39 is 35.0 Å². The van der Waals surface area contributed by atoms with Gasteiger partial charge in [0, 0.05) is 0 Å². The van der Waals surface area contributed by atoms with E-state index in [-0.39, 0.29) is 0 Å². The Morgan fingerprint density at radius 1 is 1.43 bits per heavy atom. The number of ether oxygens (including phenoxy) is 1. The van der Waals surface area contributed by atoms with Crippen molar-refractivity contribution in [1.29, 1.82) is 0 Å². The normalized spacial score (nSPS) is 9.93. The smallest absolute Gasteiger partial charge is 0.341 e. The Kier molecular flexibility index (Phi) is 3.24. The number of halogens is 3. The Balaban J connectivity index is 2.95. The maximum absolute atomic E-state index is 12.9. The van der Waals surface area contributed by atoms with Gasteiger partial charge in [0.1, 0.15) is 10.8 Å². The molecular weight excluding hydrogens is 218 g/mol. The highest BCUT2D eigenvalue weighted by molar-refractivity contribution is 6.32. The lowest BCUT2D eigenvalue weighted by Gasteiger charge is -2.06. The number of hydrogen-bond donors (Lipinski definition) is 1. The maximum atomic E-state index is 12.9. The van der Waals surface area contributed by atoms with Gasteiger partial charge < -0.3 is 9.84 Å². The van der Waals surface area contributed by atoms with Crippen molar-refractivity contribution in [3.63, 3.8) is 0 Å². The van der Waals surface area contributed by atoms with Crippen molar-refractivity contribution in [2.75, 3.05) is 6.61 Å². The van der Waals surface area contributed by atoms with Crippen LogP contribution >= 0.6 is 11.6 Å². The van der Waals surface area contributed by atoms with E-state index in [0.717, 1.165) is 12.1 Å². The second-order valence-electron chi connectivity index (χ2n) is 2.35. The van der Waals surface area contributed by atoms with Crippen molar-refractivity contribution >= 4 is 17.6 Å². The zero-order valence-corrected chi connectivity index (χ0v) is 7.52. The zero-order chi connectivity index (χ0) is 10.7. The molecule has 76 valence electrons. The van der Waals surface area contributed by atoms with E-state index in [1.54, 1.807) is 0 Å². The van der Waals surface area contributed by atoms with Crippen LogP contribution in [0.5, 0.6) is 5.75 Å². The molecule has 0 aliphatic heterocycles. The van der Waals surface area contributed by atoms with Gasteiger partial charge in [0.2, 0.25) is 0 Å². The molecule has 0 aliphatic rings. The summed E-state index contributed by atoms with van der Waals surface area (Å²) in [5.74, 6) is -3.66. The largest absolute Gasteiger partial charge is 0.479 e. The van der Waals surface area contributed by atoms with Crippen molar-refractivity contribution in [2.24, 2.45) is 0 Å². The van der Waals surface area contributed by atoms with E-state index >= 15 is 0 Å². The summed E-state index contributed by atoms with van der Waals surface area (Å²) in [6.07, 6.45) is 0. The summed E-state index contributed by atoms with van der Waals surface area (Å²) in [6, 6.07) is 1.63. The first-order valence-electron chi connectivity index (χ1n) is 3.50. The van der Waals surface area contributed by atoms with Gasteiger partial charge in [-0.3, -0.25) is 0 Å². The number of hydrogen-bond acceptors (Lipinski definition) is 2. The molecule has 6 heteroatoms. The molecule has 1 aromatic carbocycles. The summed E-state index contributed by atoms with van der Waals surface area (Å²) in [5, 5.41) is 7.68. The molecule has 0 aromatic heterocycles. The van der Waals surface area contributed by atoms with Gasteiger partial charge in [0.05, 0.1) is 0 Å². The van der Waals surface area contributed by atoms with E-state index in [1.807, 2.05) is 0 Å². The van der Waals surface area contributed by atoms with Gasteiger partial charge in [-0.25, -0.2) is 13.6 Å². The molecular formula is C8H5ClF2O3. The van der Waals surface area contributed by atoms with Gasteiger partial charge in [0.15, 0.2) is 18.2 Å². The Morgan fingerprint density at radius 2 is 2.00 bits per heavy atom. The average Bonchev–Trinajstić information content (AvgIpc) is 2.11. The summed E-state index contributed by atoms with van der Waals surface area (Å²) in [7, 11) is 0. The van der Waals surface area contributed by atoms with Crippen molar-refractivity contribution in [1.82, 2.24) is 0 Å². The topological polar surface area (TPSA) is 46.5 Å². The number of carbonyl (C=O) groups is 1. The summed E-state index contributed by atoms with van der Waals surface area (Å²) in [6.45, 7) is -0.778. The van der Waals surface area contributed by atoms with E-state index in [1.165, 1.54) is 0 Å². The summed E-state index contributed by atoms with van der Waals surface area (Å²) >= 11 is 5.35. The van der Waals surface area contributed by atoms with Crippen molar-refractivity contribution in [3.8, 4) is 5.75 Å². The van der Waals surface area contributed by atoms with Gasteiger partial charge in [-0.15, -0.1) is 0 Å². The molecule has 0 bridgehead atoms. The van der Waals surface area contributed by atoms with Crippen LogP contribution in [0.2, 0.25) is 5.02 Å². The molecule has 0 fully saturated rings. The molecule has 0 amide bonds. The van der Waals surface area contributed by atoms with Gasteiger partial charge in [-0.2, -0.15) is 0 Å². The molecule has 0 atom stereocenters. The van der Waals surface area contributed by atoms with Crippen LogP contribution in [0.1, 0.15) is 0 Å². The van der Waals surface area contributed by atoms with E-state index in [4.69, 9.17) is 16.7 Å². The molecule has 0 heterocycles. The third-order valence-electron chi connectivity index (χ3n) is 1.34. The quantitative estimate of drug-likeness (QED) is 0.797. The fourth-order valence-electron chi connectivity index (χ4n) is 0.775. The molecule has 0 spiro atoms. The van der Waals surface area contributed by atoms with Crippen molar-refractivity contribution < 1.29 is 23.4 Å². The predicted octanol–water partition coefficient (Wildman–Crippen LogP) is 2.08. The Hall–Kier alpha value is -1.36. The first-order valence-corrected chi connectivity index (χ1v) is 3.88. The first-order chi connectivity index (χ1) is 6.52. The molecule has 1 rings (SSSR count). The molecule has 1 aromatic rings. The SMILES string of the molecule is O=C(O)COc1c(F)ccc(F)c1Cl. The van der Waals surface area contributed by atoms with Gasteiger partial charge in [0.25, 0.3) is 0 Å². The van der Waals surface area contributed by atoms with Gasteiger partial charge >= 0.3 is 5.97 Å². The van der Waals surface area contributed by atoms with Gasteiger partial charge in [-0.1, -0.05) is 11.6 Å². The van der Waals surface area contributed by atoms with Crippen molar-refractivity contribution in [3.05, 3.63) is 28.8 Å². The minimum absolute atomic E-state index is 0.564. The third-order valence-corrected chi connectivity index (χ3v) is 1.69. The highest BCUT2D eigenvalue weighted by Crippen LogP contribution is 2.29. The number of aliphatic carboxylic acids is 1. The lowest BCUT2D eigenvalue weighted by atomic mass is 10.3. The second-order valence-corrected chi connectivity index (χ2v) is 2.73. The summed E-state index contributed by atoms with van der Waals surface area (Å²) in [5.41, 5.74) is 0. The average molecular weight is 223 g/mol. The number of benzene rings is 1. The first kappa shape index (κ1) is 10.7. The van der Waals surface area contributed by atoms with Crippen LogP contribution in [0.15, 0.2) is 12.1 Å². The second kappa shape index (κ2) is 4.23. The van der Waals surface area contributed by atoms with E-state index in [9.17, 15) is 13.6 Å². The van der Waals surface area contributed by atoms with Crippen LogP contribution in [0.3, 0.4) is 0 Å². The van der Waals surface area contributed by atoms with Crippen LogP contribution in [0.25, 0.3) is 0 Å². The fourth-order valence-corrected chi connectivity index (χ4v) is 0.983. The number of carboxylic acid groups (broad SMARTS) is 1. The van der Waals surface area contributed by atoms with Gasteiger partial charge in [-0.05, 0) is 12.1 Å². The molecule has 14 heavy (non-hydrogen) atoms. The van der Waals surface area contributed by atoms with E-state index in [2.05, 4.69) is 4.74 Å². The molecule has 1 N–H and O–H groups in total. The Labute approximate surface area is 82.9 Å². The lowest BCUT2D eigenvalue weighted by molar-refractivity contribution is -0.139. The zero-order valence-electron chi connectivity index (χ0n) is 6.76. The molecule has 0 saturated carbocycles. The highest BCUT2D eigenvalue weighted by atomic mass is 35.5. The molecule has 0 aliphatic carbocycles. The maximum Gasteiger partial charge on any atom is 0.341 e. The van der Waals surface area contributed by atoms with Crippen LogP contribution in [-0.2, 0) is 4.79 Å². The monoisotopic (exact) mass is 222 g/mol. The summed E-state index contributed by atoms with van der Waals surface area (Å²) < 4.78 is 30.1. The standard InChI is InChI=1S/C8H5ClF2O3/c9-7-4(10)1-2-5(11)8(7)14-3-6(12)13/h1-2H,3H2,(H,12,13). The Morgan fingerprint density at radius 3 is 2.57 bits per heavy atom. The Bertz CT molecular complexity index is 368. The number of carboxylic acids is 1. The minimum atomic E-state index is -1.30. The molecule has 0 radical (unpaired) electrons. The molecule has 0 saturated heterocycles.